The van der Waals surface area contributed by atoms with Gasteiger partial charge in [0.2, 0.25) is 5.91 Å². The van der Waals surface area contributed by atoms with Gasteiger partial charge in [0.05, 0.1) is 0 Å². The molecule has 1 amide bonds. The van der Waals surface area contributed by atoms with E-state index < -0.39 is 0 Å². The van der Waals surface area contributed by atoms with Crippen LogP contribution in [-0.4, -0.2) is 23.9 Å². The maximum Gasteiger partial charge on any atom is 0.225 e. The molecule has 25 heavy (non-hydrogen) atoms. The van der Waals surface area contributed by atoms with Crippen LogP contribution in [0.4, 0.5) is 0 Å². The molecule has 0 aliphatic heterocycles. The minimum absolute atomic E-state index is 0. The Morgan fingerprint density at radius 1 is 1.16 bits per heavy atom. The SMILES string of the molecule is CC(C)c1ccc(CN(C)C(=O)C2CC3CCCC(C2)C3N)cc1.Cl. The predicted molar refractivity (Wildman–Crippen MR) is 106 cm³/mol. The van der Waals surface area contributed by atoms with E-state index in [-0.39, 0.29) is 18.3 Å². The monoisotopic (exact) mass is 364 g/mol. The Morgan fingerprint density at radius 3 is 2.24 bits per heavy atom. The number of carbonyl (C=O) groups is 1. The molecule has 2 saturated carbocycles. The fraction of sp³-hybridized carbons (Fsp3) is 0.667. The molecule has 2 unspecified atom stereocenters. The first kappa shape index (κ1) is 20.3. The van der Waals surface area contributed by atoms with Gasteiger partial charge in [-0.25, -0.2) is 0 Å². The highest BCUT2D eigenvalue weighted by Gasteiger charge is 2.41. The van der Waals surface area contributed by atoms with Crippen molar-refractivity contribution in [1.29, 1.82) is 0 Å². The number of rotatable bonds is 4. The summed E-state index contributed by atoms with van der Waals surface area (Å²) in [5, 5.41) is 0. The lowest BCUT2D eigenvalue weighted by Gasteiger charge is -2.44. The van der Waals surface area contributed by atoms with Gasteiger partial charge in [0.15, 0.2) is 0 Å². The number of fused-ring (bicyclic) bond motifs is 2. The van der Waals surface area contributed by atoms with Crippen LogP contribution in [0.15, 0.2) is 24.3 Å². The van der Waals surface area contributed by atoms with E-state index >= 15 is 0 Å². The minimum atomic E-state index is 0. The van der Waals surface area contributed by atoms with E-state index in [2.05, 4.69) is 38.1 Å². The molecule has 1 aromatic carbocycles. The number of hydrogen-bond donors (Lipinski definition) is 1. The van der Waals surface area contributed by atoms with Crippen LogP contribution < -0.4 is 5.73 Å². The Morgan fingerprint density at radius 2 is 1.72 bits per heavy atom. The van der Waals surface area contributed by atoms with E-state index in [1.807, 2.05) is 11.9 Å². The Bertz CT molecular complexity index is 558. The maximum absolute atomic E-state index is 12.9. The van der Waals surface area contributed by atoms with Gasteiger partial charge in [0, 0.05) is 25.6 Å². The van der Waals surface area contributed by atoms with Gasteiger partial charge in [0.25, 0.3) is 0 Å². The fourth-order valence-electron chi connectivity index (χ4n) is 4.66. The summed E-state index contributed by atoms with van der Waals surface area (Å²) < 4.78 is 0. The Kier molecular flexibility index (Phi) is 6.93. The first-order valence-corrected chi connectivity index (χ1v) is 9.55. The van der Waals surface area contributed by atoms with E-state index in [0.717, 1.165) is 12.8 Å². The van der Waals surface area contributed by atoms with Gasteiger partial charge in [0.1, 0.15) is 0 Å². The van der Waals surface area contributed by atoms with E-state index in [1.165, 1.54) is 30.4 Å². The van der Waals surface area contributed by atoms with Crippen molar-refractivity contribution in [3.8, 4) is 0 Å². The van der Waals surface area contributed by atoms with Gasteiger partial charge in [-0.2, -0.15) is 0 Å². The average molecular weight is 365 g/mol. The third-order valence-corrected chi connectivity index (χ3v) is 6.20. The first-order chi connectivity index (χ1) is 11.5. The van der Waals surface area contributed by atoms with Crippen LogP contribution in [0.5, 0.6) is 0 Å². The van der Waals surface area contributed by atoms with Crippen molar-refractivity contribution in [1.82, 2.24) is 4.90 Å². The number of hydrogen-bond acceptors (Lipinski definition) is 2. The zero-order valence-corrected chi connectivity index (χ0v) is 16.6. The average Bonchev–Trinajstić information content (AvgIpc) is 2.54. The zero-order chi connectivity index (χ0) is 17.3. The quantitative estimate of drug-likeness (QED) is 0.863. The normalized spacial score (nSPS) is 28.4. The van der Waals surface area contributed by atoms with Crippen molar-refractivity contribution < 1.29 is 4.79 Å². The standard InChI is InChI=1S/C21H32N2O.ClH/c1-14(2)16-9-7-15(8-10-16)13-23(3)21(24)19-11-17-5-4-6-18(12-19)20(17)22;/h7-10,14,17-20H,4-6,11-13,22H2,1-3H3;1H. The van der Waals surface area contributed by atoms with Crippen molar-refractivity contribution in [2.75, 3.05) is 7.05 Å². The third-order valence-electron chi connectivity index (χ3n) is 6.20. The zero-order valence-electron chi connectivity index (χ0n) is 15.8. The second-order valence-electron chi connectivity index (χ2n) is 8.29. The Hall–Kier alpha value is -1.06. The summed E-state index contributed by atoms with van der Waals surface area (Å²) in [4.78, 5) is 14.8. The van der Waals surface area contributed by atoms with E-state index in [4.69, 9.17) is 5.73 Å². The van der Waals surface area contributed by atoms with Gasteiger partial charge in [-0.15, -0.1) is 12.4 Å². The molecule has 0 saturated heterocycles. The molecule has 0 heterocycles. The topological polar surface area (TPSA) is 46.3 Å². The highest BCUT2D eigenvalue weighted by molar-refractivity contribution is 5.85. The van der Waals surface area contributed by atoms with Gasteiger partial charge >= 0.3 is 0 Å². The summed E-state index contributed by atoms with van der Waals surface area (Å²) in [7, 11) is 1.95. The summed E-state index contributed by atoms with van der Waals surface area (Å²) in [6.45, 7) is 5.11. The van der Waals surface area contributed by atoms with Crippen molar-refractivity contribution in [2.24, 2.45) is 23.5 Å². The number of carbonyl (C=O) groups excluding carboxylic acids is 1. The molecule has 0 aromatic heterocycles. The summed E-state index contributed by atoms with van der Waals surface area (Å²) in [5.74, 6) is 2.16. The highest BCUT2D eigenvalue weighted by atomic mass is 35.5. The van der Waals surface area contributed by atoms with Gasteiger partial charge < -0.3 is 10.6 Å². The van der Waals surface area contributed by atoms with Crippen LogP contribution in [0.25, 0.3) is 0 Å². The van der Waals surface area contributed by atoms with Gasteiger partial charge in [-0.1, -0.05) is 44.5 Å². The molecule has 2 fully saturated rings. The fourth-order valence-corrected chi connectivity index (χ4v) is 4.66. The molecule has 2 atom stereocenters. The number of benzene rings is 1. The number of halogens is 1. The molecule has 3 rings (SSSR count). The van der Waals surface area contributed by atoms with Crippen LogP contribution >= 0.6 is 12.4 Å². The Labute approximate surface area is 158 Å². The first-order valence-electron chi connectivity index (χ1n) is 9.55. The van der Waals surface area contributed by atoms with Crippen molar-refractivity contribution in [3.63, 3.8) is 0 Å². The molecule has 0 radical (unpaired) electrons. The van der Waals surface area contributed by atoms with Crippen LogP contribution in [0.3, 0.4) is 0 Å². The summed E-state index contributed by atoms with van der Waals surface area (Å²) >= 11 is 0. The minimum Gasteiger partial charge on any atom is -0.341 e. The molecule has 140 valence electrons. The largest absolute Gasteiger partial charge is 0.341 e. The van der Waals surface area contributed by atoms with E-state index in [0.29, 0.717) is 36.2 Å². The molecule has 1 aromatic rings. The smallest absolute Gasteiger partial charge is 0.225 e. The Balaban J connectivity index is 0.00000225. The third kappa shape index (κ3) is 4.57. The van der Waals surface area contributed by atoms with Crippen molar-refractivity contribution >= 4 is 18.3 Å². The molecule has 2 aliphatic carbocycles. The van der Waals surface area contributed by atoms with E-state index in [1.54, 1.807) is 0 Å². The second kappa shape index (κ2) is 8.55. The van der Waals surface area contributed by atoms with Crippen LogP contribution in [0.1, 0.15) is 63.0 Å². The number of nitrogens with zero attached hydrogens (tertiary/aromatic N) is 1. The predicted octanol–water partition coefficient (Wildman–Crippen LogP) is 4.34. The maximum atomic E-state index is 12.9. The van der Waals surface area contributed by atoms with Crippen LogP contribution in [0.2, 0.25) is 0 Å². The number of nitrogens with two attached hydrogens (primary N) is 1. The van der Waals surface area contributed by atoms with Crippen LogP contribution in [-0.2, 0) is 11.3 Å². The molecule has 3 nitrogen and oxygen atoms in total. The van der Waals surface area contributed by atoms with Gasteiger partial charge in [-0.3, -0.25) is 4.79 Å². The molecular weight excluding hydrogens is 332 g/mol. The molecule has 0 spiro atoms. The highest BCUT2D eigenvalue weighted by Crippen LogP contribution is 2.42. The lowest BCUT2D eigenvalue weighted by atomic mass is 9.65. The van der Waals surface area contributed by atoms with Crippen LogP contribution in [0, 0.1) is 17.8 Å². The lowest BCUT2D eigenvalue weighted by Crippen LogP contribution is -2.49. The summed E-state index contributed by atoms with van der Waals surface area (Å²) in [5.41, 5.74) is 8.92. The summed E-state index contributed by atoms with van der Waals surface area (Å²) in [6, 6.07) is 9.01. The summed E-state index contributed by atoms with van der Waals surface area (Å²) in [6.07, 6.45) is 5.70. The van der Waals surface area contributed by atoms with Gasteiger partial charge in [-0.05, 0) is 54.6 Å². The molecular formula is C21H33ClN2O. The molecule has 4 heteroatoms. The molecule has 2 N–H and O–H groups in total. The number of amides is 1. The van der Waals surface area contributed by atoms with Crippen molar-refractivity contribution in [3.05, 3.63) is 35.4 Å². The lowest BCUT2D eigenvalue weighted by molar-refractivity contribution is -0.137. The van der Waals surface area contributed by atoms with Crippen molar-refractivity contribution in [2.45, 2.75) is 64.5 Å². The molecule has 2 aliphatic rings. The second-order valence-corrected chi connectivity index (χ2v) is 8.29. The molecule has 2 bridgehead atoms. The van der Waals surface area contributed by atoms with E-state index in [9.17, 15) is 4.79 Å².